The predicted octanol–water partition coefficient (Wildman–Crippen LogP) is 4.03. The third-order valence-electron chi connectivity index (χ3n) is 5.61. The van der Waals surface area contributed by atoms with Gasteiger partial charge in [0.15, 0.2) is 12.6 Å². The SMILES string of the molecule is CO[C@H]1O[C@H](OCc2ccccc2)[C@@H](OCc2ccccc2)[C@H](OCc2ccccc2)[C@H]1N. The van der Waals surface area contributed by atoms with Crippen molar-refractivity contribution in [3.8, 4) is 0 Å². The molecule has 6 heteroatoms. The quantitative estimate of drug-likeness (QED) is 0.504. The summed E-state index contributed by atoms with van der Waals surface area (Å²) in [6.45, 7) is 1.15. The monoisotopic (exact) mass is 449 g/mol. The number of hydrogen-bond acceptors (Lipinski definition) is 6. The molecule has 0 aromatic heterocycles. The third-order valence-corrected chi connectivity index (χ3v) is 5.61. The largest absolute Gasteiger partial charge is 0.369 e. The van der Waals surface area contributed by atoms with E-state index in [9.17, 15) is 0 Å². The maximum Gasteiger partial charge on any atom is 0.189 e. The molecule has 3 aromatic rings. The molecule has 1 fully saturated rings. The van der Waals surface area contributed by atoms with Gasteiger partial charge in [-0.15, -0.1) is 0 Å². The van der Waals surface area contributed by atoms with Crippen LogP contribution < -0.4 is 5.73 Å². The van der Waals surface area contributed by atoms with Gasteiger partial charge < -0.3 is 29.4 Å². The van der Waals surface area contributed by atoms with E-state index in [4.69, 9.17) is 29.4 Å². The van der Waals surface area contributed by atoms with E-state index < -0.39 is 30.8 Å². The van der Waals surface area contributed by atoms with Gasteiger partial charge in [0.25, 0.3) is 0 Å². The molecule has 0 radical (unpaired) electrons. The Hall–Kier alpha value is -2.58. The van der Waals surface area contributed by atoms with Crippen LogP contribution in [0.5, 0.6) is 0 Å². The van der Waals surface area contributed by atoms with Crippen molar-refractivity contribution < 1.29 is 23.7 Å². The molecular formula is C27H31NO5. The van der Waals surface area contributed by atoms with Crippen LogP contribution in [0.3, 0.4) is 0 Å². The second-order valence-electron chi connectivity index (χ2n) is 8.00. The Bertz CT molecular complexity index is 941. The molecule has 0 unspecified atom stereocenters. The molecule has 1 heterocycles. The van der Waals surface area contributed by atoms with Crippen molar-refractivity contribution in [2.45, 2.75) is 50.7 Å². The van der Waals surface area contributed by atoms with Crippen LogP contribution in [0, 0.1) is 0 Å². The van der Waals surface area contributed by atoms with E-state index in [0.717, 1.165) is 16.7 Å². The summed E-state index contributed by atoms with van der Waals surface area (Å²) in [5.41, 5.74) is 9.65. The molecular weight excluding hydrogens is 418 g/mol. The minimum Gasteiger partial charge on any atom is -0.369 e. The number of nitrogens with two attached hydrogens (primary N) is 1. The Morgan fingerprint density at radius 2 is 1.03 bits per heavy atom. The second-order valence-corrected chi connectivity index (χ2v) is 8.00. The first-order valence-electron chi connectivity index (χ1n) is 11.1. The highest BCUT2D eigenvalue weighted by Crippen LogP contribution is 2.28. The standard InChI is InChI=1S/C27H31NO5/c1-29-26-23(28)24(30-17-20-11-5-2-6-12-20)25(31-18-21-13-7-3-8-14-21)27(33-26)32-19-22-15-9-4-10-16-22/h2-16,23-27H,17-19,28H2,1H3/t23-,24-,25+,26+,27+/m1/s1. The fourth-order valence-corrected chi connectivity index (χ4v) is 3.84. The number of rotatable bonds is 10. The summed E-state index contributed by atoms with van der Waals surface area (Å²) in [6.07, 6.45) is -2.42. The Morgan fingerprint density at radius 1 is 0.606 bits per heavy atom. The fraction of sp³-hybridized carbons (Fsp3) is 0.333. The fourth-order valence-electron chi connectivity index (χ4n) is 3.84. The number of methoxy groups -OCH3 is 1. The Labute approximate surface area is 195 Å². The molecule has 1 aliphatic heterocycles. The molecule has 0 aliphatic carbocycles. The molecule has 6 nitrogen and oxygen atoms in total. The van der Waals surface area contributed by atoms with Crippen LogP contribution in [0.4, 0.5) is 0 Å². The summed E-state index contributed by atoms with van der Waals surface area (Å²) in [5.74, 6) is 0. The number of benzene rings is 3. The lowest BCUT2D eigenvalue weighted by Crippen LogP contribution is -2.63. The molecule has 174 valence electrons. The molecule has 1 aliphatic rings. The zero-order valence-electron chi connectivity index (χ0n) is 18.8. The molecule has 0 saturated carbocycles. The normalized spacial score (nSPS) is 25.1. The average Bonchev–Trinajstić information content (AvgIpc) is 2.88. The molecule has 4 rings (SSSR count). The van der Waals surface area contributed by atoms with Crippen LogP contribution in [0.1, 0.15) is 16.7 Å². The molecule has 1 saturated heterocycles. The van der Waals surface area contributed by atoms with Gasteiger partial charge in [0.05, 0.1) is 25.9 Å². The minimum absolute atomic E-state index is 0.369. The summed E-state index contributed by atoms with van der Waals surface area (Å²) in [6, 6.07) is 29.3. The minimum atomic E-state index is -0.709. The maximum atomic E-state index is 6.52. The Morgan fingerprint density at radius 3 is 1.48 bits per heavy atom. The molecule has 0 amide bonds. The summed E-state index contributed by atoms with van der Waals surface area (Å²) in [5, 5.41) is 0. The van der Waals surface area contributed by atoms with Gasteiger partial charge in [0.1, 0.15) is 12.2 Å². The van der Waals surface area contributed by atoms with Gasteiger partial charge in [0.2, 0.25) is 0 Å². The second kappa shape index (κ2) is 12.0. The molecule has 5 atom stereocenters. The smallest absolute Gasteiger partial charge is 0.189 e. The number of hydrogen-bond donors (Lipinski definition) is 1. The molecule has 33 heavy (non-hydrogen) atoms. The number of ether oxygens (including phenoxy) is 5. The summed E-state index contributed by atoms with van der Waals surface area (Å²) in [4.78, 5) is 0. The predicted molar refractivity (Wildman–Crippen MR) is 125 cm³/mol. The molecule has 0 spiro atoms. The van der Waals surface area contributed by atoms with E-state index >= 15 is 0 Å². The van der Waals surface area contributed by atoms with Crippen molar-refractivity contribution in [3.05, 3.63) is 108 Å². The van der Waals surface area contributed by atoms with E-state index in [1.54, 1.807) is 7.11 Å². The van der Waals surface area contributed by atoms with Gasteiger partial charge in [-0.2, -0.15) is 0 Å². The summed E-state index contributed by atoms with van der Waals surface area (Å²) >= 11 is 0. The highest BCUT2D eigenvalue weighted by atomic mass is 16.8. The first kappa shape index (κ1) is 23.6. The zero-order valence-corrected chi connectivity index (χ0v) is 18.8. The zero-order chi connectivity index (χ0) is 22.9. The van der Waals surface area contributed by atoms with Crippen molar-refractivity contribution in [3.63, 3.8) is 0 Å². The van der Waals surface area contributed by atoms with Crippen molar-refractivity contribution in [2.75, 3.05) is 7.11 Å². The lowest BCUT2D eigenvalue weighted by Gasteiger charge is -2.44. The first-order valence-corrected chi connectivity index (χ1v) is 11.1. The molecule has 3 aromatic carbocycles. The molecule has 2 N–H and O–H groups in total. The van der Waals surface area contributed by atoms with Gasteiger partial charge in [-0.25, -0.2) is 0 Å². The van der Waals surface area contributed by atoms with Crippen molar-refractivity contribution in [1.29, 1.82) is 0 Å². The Kier molecular flexibility index (Phi) is 8.60. The molecule has 0 bridgehead atoms. The van der Waals surface area contributed by atoms with Crippen molar-refractivity contribution >= 4 is 0 Å². The van der Waals surface area contributed by atoms with Crippen LogP contribution in [0.15, 0.2) is 91.0 Å². The highest BCUT2D eigenvalue weighted by Gasteiger charge is 2.47. The van der Waals surface area contributed by atoms with Crippen molar-refractivity contribution in [1.82, 2.24) is 0 Å². The van der Waals surface area contributed by atoms with E-state index in [-0.39, 0.29) is 0 Å². The van der Waals surface area contributed by atoms with Crippen LogP contribution in [-0.2, 0) is 43.5 Å². The highest BCUT2D eigenvalue weighted by molar-refractivity contribution is 5.15. The van der Waals surface area contributed by atoms with Gasteiger partial charge >= 0.3 is 0 Å². The van der Waals surface area contributed by atoms with Crippen LogP contribution in [0.2, 0.25) is 0 Å². The summed E-state index contributed by atoms with van der Waals surface area (Å²) < 4.78 is 30.4. The van der Waals surface area contributed by atoms with E-state index in [0.29, 0.717) is 19.8 Å². The van der Waals surface area contributed by atoms with Gasteiger partial charge in [-0.05, 0) is 16.7 Å². The topological polar surface area (TPSA) is 72.2 Å². The first-order chi connectivity index (χ1) is 16.2. The Balaban J connectivity index is 1.52. The van der Waals surface area contributed by atoms with Crippen LogP contribution >= 0.6 is 0 Å². The van der Waals surface area contributed by atoms with Crippen molar-refractivity contribution in [2.24, 2.45) is 5.73 Å². The summed E-state index contributed by atoms with van der Waals surface area (Å²) in [7, 11) is 1.57. The van der Waals surface area contributed by atoms with E-state index in [1.165, 1.54) is 0 Å². The average molecular weight is 450 g/mol. The van der Waals surface area contributed by atoms with E-state index in [2.05, 4.69) is 0 Å². The lowest BCUT2D eigenvalue weighted by atomic mass is 10.0. The van der Waals surface area contributed by atoms with Crippen LogP contribution in [-0.4, -0.2) is 37.9 Å². The third kappa shape index (κ3) is 6.48. The maximum absolute atomic E-state index is 6.52. The lowest BCUT2D eigenvalue weighted by molar-refractivity contribution is -0.337. The van der Waals surface area contributed by atoms with E-state index in [1.807, 2.05) is 91.0 Å². The van der Waals surface area contributed by atoms with Crippen LogP contribution in [0.25, 0.3) is 0 Å². The van der Waals surface area contributed by atoms with Gasteiger partial charge in [-0.1, -0.05) is 91.0 Å². The van der Waals surface area contributed by atoms with Gasteiger partial charge in [-0.3, -0.25) is 0 Å². The van der Waals surface area contributed by atoms with Gasteiger partial charge in [0, 0.05) is 7.11 Å².